The summed E-state index contributed by atoms with van der Waals surface area (Å²) in [6.07, 6.45) is 0. The highest BCUT2D eigenvalue weighted by atomic mass is 32.2. The number of likely N-dealkylation sites (N-methyl/N-ethyl adjacent to an activating group) is 1. The summed E-state index contributed by atoms with van der Waals surface area (Å²) in [6, 6.07) is 24.7. The van der Waals surface area contributed by atoms with Gasteiger partial charge in [-0.2, -0.15) is 0 Å². The van der Waals surface area contributed by atoms with E-state index >= 15 is 0 Å². The molecule has 0 aliphatic carbocycles. The van der Waals surface area contributed by atoms with Gasteiger partial charge in [0.15, 0.2) is 5.78 Å². The van der Waals surface area contributed by atoms with Gasteiger partial charge in [0.25, 0.3) is 0 Å². The third-order valence-electron chi connectivity index (χ3n) is 7.06. The van der Waals surface area contributed by atoms with Crippen LogP contribution in [0.15, 0.2) is 77.7 Å². The zero-order valence-electron chi connectivity index (χ0n) is 20.0. The molecule has 2 aliphatic heterocycles. The Hall–Kier alpha value is -2.60. The van der Waals surface area contributed by atoms with Crippen molar-refractivity contribution >= 4 is 17.5 Å². The maximum absolute atomic E-state index is 13.8. The van der Waals surface area contributed by atoms with E-state index in [1.54, 1.807) is 16.7 Å². The van der Waals surface area contributed by atoms with E-state index in [9.17, 15) is 4.79 Å². The second-order valence-electron chi connectivity index (χ2n) is 9.50. The average molecular weight is 474 g/mol. The van der Waals surface area contributed by atoms with Gasteiger partial charge in [0.1, 0.15) is 18.9 Å². The van der Waals surface area contributed by atoms with E-state index in [1.165, 1.54) is 29.1 Å². The molecule has 0 aromatic heterocycles. The Morgan fingerprint density at radius 3 is 2.44 bits per heavy atom. The molecule has 5 heteroatoms. The number of carbonyl (C=O) groups is 1. The van der Waals surface area contributed by atoms with Crippen LogP contribution in [0, 0.1) is 6.92 Å². The lowest BCUT2D eigenvalue weighted by atomic mass is 9.85. The highest BCUT2D eigenvalue weighted by Crippen LogP contribution is 2.55. The van der Waals surface area contributed by atoms with Crippen LogP contribution in [0.5, 0.6) is 5.75 Å². The van der Waals surface area contributed by atoms with Crippen LogP contribution in [-0.2, 0) is 0 Å². The van der Waals surface area contributed by atoms with Gasteiger partial charge < -0.3 is 9.64 Å². The normalized spacial score (nSPS) is 20.8. The summed E-state index contributed by atoms with van der Waals surface area (Å²) in [7, 11) is 2.18. The van der Waals surface area contributed by atoms with Crippen LogP contribution in [0.3, 0.4) is 0 Å². The number of carbonyl (C=O) groups excluding carboxylic acids is 1. The number of thioether (sulfide) groups is 1. The van der Waals surface area contributed by atoms with Gasteiger partial charge in [-0.3, -0.25) is 9.69 Å². The predicted molar refractivity (Wildman–Crippen MR) is 138 cm³/mol. The Bertz CT molecular complexity index is 1120. The van der Waals surface area contributed by atoms with Crippen molar-refractivity contribution in [3.8, 4) is 5.75 Å². The van der Waals surface area contributed by atoms with Crippen LogP contribution in [0.1, 0.15) is 38.2 Å². The Morgan fingerprint density at radius 1 is 1.00 bits per heavy atom. The fourth-order valence-electron chi connectivity index (χ4n) is 4.90. The largest absolute Gasteiger partial charge is 0.488 e. The van der Waals surface area contributed by atoms with Crippen molar-refractivity contribution in [1.82, 2.24) is 4.90 Å². The van der Waals surface area contributed by atoms with E-state index in [2.05, 4.69) is 61.3 Å². The highest BCUT2D eigenvalue weighted by molar-refractivity contribution is 8.00. The van der Waals surface area contributed by atoms with Gasteiger partial charge in [-0.1, -0.05) is 48.0 Å². The van der Waals surface area contributed by atoms with E-state index in [4.69, 9.17) is 4.74 Å². The summed E-state index contributed by atoms with van der Waals surface area (Å²) >= 11 is 1.80. The van der Waals surface area contributed by atoms with Crippen molar-refractivity contribution < 1.29 is 14.4 Å². The number of ether oxygens (including phenoxy) is 1. The third kappa shape index (κ3) is 5.07. The maximum atomic E-state index is 13.8. The summed E-state index contributed by atoms with van der Waals surface area (Å²) in [5.41, 5.74) is 4.32. The van der Waals surface area contributed by atoms with Crippen LogP contribution in [0.4, 0.5) is 0 Å². The number of quaternary nitrogens is 1. The Labute approximate surface area is 206 Å². The molecule has 1 fully saturated rings. The Balaban J connectivity index is 1.28. The van der Waals surface area contributed by atoms with E-state index in [1.807, 2.05) is 30.3 Å². The first-order valence-electron chi connectivity index (χ1n) is 12.2. The van der Waals surface area contributed by atoms with Gasteiger partial charge >= 0.3 is 0 Å². The van der Waals surface area contributed by atoms with Crippen molar-refractivity contribution in [3.05, 3.63) is 95.1 Å². The molecule has 2 aliphatic rings. The number of ketones is 1. The first kappa shape index (κ1) is 23.2. The van der Waals surface area contributed by atoms with Gasteiger partial charge in [0.05, 0.1) is 19.0 Å². The molecule has 2 unspecified atom stereocenters. The summed E-state index contributed by atoms with van der Waals surface area (Å²) in [6.45, 7) is 8.47. The highest BCUT2D eigenvalue weighted by Gasteiger charge is 2.39. The number of fused-ring (bicyclic) bond motifs is 1. The second kappa shape index (κ2) is 10.3. The summed E-state index contributed by atoms with van der Waals surface area (Å²) in [5.74, 6) is 0.828. The molecule has 2 atom stereocenters. The molecule has 0 spiro atoms. The molecule has 176 valence electrons. The molecule has 0 saturated carbocycles. The first-order chi connectivity index (χ1) is 16.6. The number of hydrogen-bond donors (Lipinski definition) is 1. The molecule has 4 nitrogen and oxygen atoms in total. The lowest BCUT2D eigenvalue weighted by Crippen LogP contribution is -3.15. The Kier molecular flexibility index (Phi) is 7.05. The van der Waals surface area contributed by atoms with E-state index in [-0.39, 0.29) is 17.0 Å². The predicted octanol–water partition coefficient (Wildman–Crippen LogP) is 4.02. The lowest BCUT2D eigenvalue weighted by molar-refractivity contribution is -0.904. The van der Waals surface area contributed by atoms with Crippen molar-refractivity contribution in [2.75, 3.05) is 46.4 Å². The monoisotopic (exact) mass is 473 g/mol. The standard InChI is InChI=1S/C29H32N2O2S/c1-21-7-9-23(10-8-21)29-27(25-5-3-4-6-26(25)34-29)28(32)22-11-13-24(14-12-22)33-20-19-31-17-15-30(2)16-18-31/h3-14,27,29H,15-20H2,1-2H3/p+1. The lowest BCUT2D eigenvalue weighted by Gasteiger charge is -2.29. The van der Waals surface area contributed by atoms with E-state index < -0.39 is 0 Å². The number of piperazine rings is 1. The molecule has 34 heavy (non-hydrogen) atoms. The molecule has 0 radical (unpaired) electrons. The fourth-order valence-corrected chi connectivity index (χ4v) is 6.36. The first-order valence-corrected chi connectivity index (χ1v) is 13.1. The van der Waals surface area contributed by atoms with E-state index in [0.717, 1.165) is 36.5 Å². The van der Waals surface area contributed by atoms with Gasteiger partial charge in [0.2, 0.25) is 0 Å². The molecule has 3 aromatic rings. The molecule has 1 N–H and O–H groups in total. The zero-order valence-corrected chi connectivity index (χ0v) is 20.8. The molecular formula is C29H33N2O2S+. The van der Waals surface area contributed by atoms with E-state index in [0.29, 0.717) is 6.61 Å². The number of Topliss-reactive ketones (excluding diaryl/α,β-unsaturated/α-hetero) is 1. The molecular weight excluding hydrogens is 440 g/mol. The quantitative estimate of drug-likeness (QED) is 0.526. The molecule has 0 bridgehead atoms. The SMILES string of the molecule is Cc1ccc(C2Sc3ccccc3C2C(=O)c2ccc(OCC[NH+]3CCN(C)CC3)cc2)cc1. The number of nitrogens with zero attached hydrogens (tertiary/aromatic N) is 1. The maximum Gasteiger partial charge on any atom is 0.171 e. The molecule has 5 rings (SSSR count). The fraction of sp³-hybridized carbons (Fsp3) is 0.345. The minimum atomic E-state index is -0.184. The number of rotatable bonds is 7. The number of nitrogens with one attached hydrogen (secondary N) is 1. The number of hydrogen-bond acceptors (Lipinski definition) is 4. The van der Waals surface area contributed by atoms with Gasteiger partial charge in [-0.15, -0.1) is 11.8 Å². The van der Waals surface area contributed by atoms with Gasteiger partial charge in [0, 0.05) is 28.8 Å². The molecule has 0 amide bonds. The minimum Gasteiger partial charge on any atom is -0.488 e. The van der Waals surface area contributed by atoms with Crippen LogP contribution in [-0.4, -0.2) is 57.1 Å². The van der Waals surface area contributed by atoms with Crippen LogP contribution >= 0.6 is 11.8 Å². The molecule has 2 heterocycles. The Morgan fingerprint density at radius 2 is 1.71 bits per heavy atom. The number of aryl methyl sites for hydroxylation is 1. The van der Waals surface area contributed by atoms with Crippen molar-refractivity contribution in [3.63, 3.8) is 0 Å². The molecule has 3 aromatic carbocycles. The van der Waals surface area contributed by atoms with Crippen molar-refractivity contribution in [2.45, 2.75) is 23.0 Å². The van der Waals surface area contributed by atoms with Crippen LogP contribution in [0.25, 0.3) is 0 Å². The summed E-state index contributed by atoms with van der Waals surface area (Å²) in [4.78, 5) is 18.9. The van der Waals surface area contributed by atoms with Crippen molar-refractivity contribution in [2.24, 2.45) is 0 Å². The smallest absolute Gasteiger partial charge is 0.171 e. The minimum absolute atomic E-state index is 0.0907. The third-order valence-corrected chi connectivity index (χ3v) is 8.48. The van der Waals surface area contributed by atoms with Crippen molar-refractivity contribution in [1.29, 1.82) is 0 Å². The number of benzene rings is 3. The topological polar surface area (TPSA) is 34.0 Å². The van der Waals surface area contributed by atoms with Crippen LogP contribution in [0.2, 0.25) is 0 Å². The summed E-state index contributed by atoms with van der Waals surface area (Å²) in [5, 5.41) is 0.0907. The van der Waals surface area contributed by atoms with Gasteiger partial charge in [-0.05, 0) is 55.4 Å². The summed E-state index contributed by atoms with van der Waals surface area (Å²) < 4.78 is 6.00. The average Bonchev–Trinajstić information content (AvgIpc) is 3.25. The second-order valence-corrected chi connectivity index (χ2v) is 10.7. The van der Waals surface area contributed by atoms with Gasteiger partial charge in [-0.25, -0.2) is 0 Å². The van der Waals surface area contributed by atoms with Crippen LogP contribution < -0.4 is 9.64 Å². The molecule has 1 saturated heterocycles. The zero-order chi connectivity index (χ0) is 23.5.